The van der Waals surface area contributed by atoms with Crippen LogP contribution in [0.5, 0.6) is 11.5 Å². The van der Waals surface area contributed by atoms with Gasteiger partial charge in [0.1, 0.15) is 29.1 Å². The molecule has 1 amide bonds. The zero-order chi connectivity index (χ0) is 34.1. The molecule has 2 aliphatic carbocycles. The summed E-state index contributed by atoms with van der Waals surface area (Å²) in [6.45, 7) is 14.2. The summed E-state index contributed by atoms with van der Waals surface area (Å²) in [6, 6.07) is 4.19. The number of carbonyl (C=O) groups is 2. The number of ketones is 1. The summed E-state index contributed by atoms with van der Waals surface area (Å²) in [6.07, 6.45) is 9.04. The van der Waals surface area contributed by atoms with Crippen molar-refractivity contribution in [3.63, 3.8) is 0 Å². The second-order valence-corrected chi connectivity index (χ2v) is 14.8. The number of likely N-dealkylation sites (N-methyl/N-ethyl adjacent to an activating group) is 1. The second-order valence-electron chi connectivity index (χ2n) is 14.8. The first-order valence-electron chi connectivity index (χ1n) is 18.3. The van der Waals surface area contributed by atoms with Gasteiger partial charge in [-0.15, -0.1) is 0 Å². The molecular formula is C38H56N6O4. The highest BCUT2D eigenvalue weighted by Gasteiger charge is 2.39. The molecule has 0 N–H and O–H groups in total. The van der Waals surface area contributed by atoms with E-state index in [1.165, 1.54) is 58.4 Å². The van der Waals surface area contributed by atoms with E-state index in [1.54, 1.807) is 19.1 Å². The molecule has 2 aromatic rings. The summed E-state index contributed by atoms with van der Waals surface area (Å²) in [5.74, 6) is 4.17. The number of aryl methyl sites for hydroxylation is 1. The molecule has 10 heteroatoms. The Balaban J connectivity index is 1.13. The van der Waals surface area contributed by atoms with Crippen LogP contribution in [0.3, 0.4) is 0 Å². The lowest BCUT2D eigenvalue weighted by atomic mass is 9.81. The van der Waals surface area contributed by atoms with Crippen molar-refractivity contribution in [2.45, 2.75) is 104 Å². The molecule has 0 spiro atoms. The zero-order valence-electron chi connectivity index (χ0n) is 30.3. The number of rotatable bonds is 12. The van der Waals surface area contributed by atoms with Crippen LogP contribution in [0.4, 0.5) is 11.5 Å². The van der Waals surface area contributed by atoms with Gasteiger partial charge in [-0.05, 0) is 89.7 Å². The number of methoxy groups -OCH3 is 2. The van der Waals surface area contributed by atoms with Crippen molar-refractivity contribution in [2.24, 2.45) is 11.8 Å². The fraction of sp³-hybridized carbons (Fsp3) is 0.684. The van der Waals surface area contributed by atoms with E-state index in [1.807, 2.05) is 33.0 Å². The first kappa shape index (κ1) is 34.6. The number of piperazine rings is 1. The van der Waals surface area contributed by atoms with Gasteiger partial charge >= 0.3 is 0 Å². The number of fused-ring (bicyclic) bond motifs is 1. The number of anilines is 2. The van der Waals surface area contributed by atoms with E-state index < -0.39 is 0 Å². The van der Waals surface area contributed by atoms with Crippen molar-refractivity contribution in [3.8, 4) is 11.5 Å². The Morgan fingerprint density at radius 2 is 1.56 bits per heavy atom. The minimum atomic E-state index is -0.276. The van der Waals surface area contributed by atoms with Crippen LogP contribution in [0, 0.1) is 18.8 Å². The number of nitrogens with zero attached hydrogens (tertiary/aromatic N) is 6. The number of carbonyl (C=O) groups excluding carboxylic acids is 2. The maximum atomic E-state index is 13.7. The lowest BCUT2D eigenvalue weighted by Crippen LogP contribution is -2.55. The highest BCUT2D eigenvalue weighted by atomic mass is 16.5. The number of hydrogen-bond acceptors (Lipinski definition) is 9. The number of hydrogen-bond donors (Lipinski definition) is 0. The van der Waals surface area contributed by atoms with E-state index in [0.29, 0.717) is 54.1 Å². The molecule has 48 heavy (non-hydrogen) atoms. The summed E-state index contributed by atoms with van der Waals surface area (Å²) in [5, 5.41) is 0. The van der Waals surface area contributed by atoms with Crippen LogP contribution in [-0.2, 0) is 11.2 Å². The standard InChI is InChI=1S/C38H56N6O4/c1-8-31-38(46)41(5)36-25(4)39-35(40-37(36)44(31)24(2)3)22-30-33(47-6)20-28(21-34(30)48-7)32(45)19-26-11-13-29(14-12-26)43-17-15-42(16-18-43)23-27-9-10-27/h20-21,24,26-27,29,31H,8-19,22-23H2,1-7H3/t26?,29?,31-/m1/s1. The Hall–Kier alpha value is -3.24. The van der Waals surface area contributed by atoms with Gasteiger partial charge in [-0.2, -0.15) is 0 Å². The first-order valence-corrected chi connectivity index (χ1v) is 18.3. The third-order valence-electron chi connectivity index (χ3n) is 11.3. The van der Waals surface area contributed by atoms with Gasteiger partial charge in [0.25, 0.3) is 0 Å². The van der Waals surface area contributed by atoms with Crippen LogP contribution in [-0.4, -0.2) is 104 Å². The Kier molecular flexibility index (Phi) is 10.6. The van der Waals surface area contributed by atoms with Crippen LogP contribution in [0.15, 0.2) is 12.1 Å². The van der Waals surface area contributed by atoms with E-state index in [-0.39, 0.29) is 23.8 Å². The molecule has 1 saturated heterocycles. The predicted octanol–water partition coefficient (Wildman–Crippen LogP) is 5.52. The van der Waals surface area contributed by atoms with Gasteiger partial charge in [-0.25, -0.2) is 9.97 Å². The molecule has 4 aliphatic rings. The maximum absolute atomic E-state index is 13.7. The van der Waals surface area contributed by atoms with Gasteiger partial charge in [0.2, 0.25) is 5.91 Å². The number of benzene rings is 1. The highest BCUT2D eigenvalue weighted by molar-refractivity contribution is 6.05. The molecule has 2 aliphatic heterocycles. The van der Waals surface area contributed by atoms with E-state index in [4.69, 9.17) is 19.4 Å². The number of ether oxygens (including phenoxy) is 2. The van der Waals surface area contributed by atoms with E-state index in [9.17, 15) is 9.59 Å². The molecule has 1 aromatic heterocycles. The molecule has 1 atom stereocenters. The predicted molar refractivity (Wildman–Crippen MR) is 190 cm³/mol. The summed E-state index contributed by atoms with van der Waals surface area (Å²) in [4.78, 5) is 46.0. The normalized spacial score (nSPS) is 23.8. The van der Waals surface area contributed by atoms with Crippen molar-refractivity contribution in [1.82, 2.24) is 19.8 Å². The molecule has 0 bridgehead atoms. The molecule has 3 fully saturated rings. The van der Waals surface area contributed by atoms with Gasteiger partial charge < -0.3 is 24.2 Å². The number of aromatic nitrogens is 2. The van der Waals surface area contributed by atoms with Gasteiger partial charge in [0, 0.05) is 75.8 Å². The molecule has 6 rings (SSSR count). The summed E-state index contributed by atoms with van der Waals surface area (Å²) in [7, 11) is 5.07. The van der Waals surface area contributed by atoms with Gasteiger partial charge in [0.05, 0.1) is 19.9 Å². The first-order chi connectivity index (χ1) is 23.1. The molecule has 0 radical (unpaired) electrons. The Labute approximate surface area is 287 Å². The average Bonchev–Trinajstić information content (AvgIpc) is 3.90. The second kappa shape index (κ2) is 14.7. The minimum absolute atomic E-state index is 0.0623. The van der Waals surface area contributed by atoms with Crippen LogP contribution < -0.4 is 19.3 Å². The molecule has 0 unspecified atom stereocenters. The molecular weight excluding hydrogens is 604 g/mol. The van der Waals surface area contributed by atoms with Crippen LogP contribution in [0.2, 0.25) is 0 Å². The largest absolute Gasteiger partial charge is 0.496 e. The average molecular weight is 661 g/mol. The molecule has 262 valence electrons. The van der Waals surface area contributed by atoms with Crippen molar-refractivity contribution in [1.29, 1.82) is 0 Å². The summed E-state index contributed by atoms with van der Waals surface area (Å²) in [5.41, 5.74) is 2.93. The maximum Gasteiger partial charge on any atom is 0.249 e. The lowest BCUT2D eigenvalue weighted by molar-refractivity contribution is -0.120. The van der Waals surface area contributed by atoms with Crippen molar-refractivity contribution >= 4 is 23.2 Å². The summed E-state index contributed by atoms with van der Waals surface area (Å²) < 4.78 is 11.7. The van der Waals surface area contributed by atoms with Crippen molar-refractivity contribution < 1.29 is 19.1 Å². The third-order valence-corrected chi connectivity index (χ3v) is 11.3. The van der Waals surface area contributed by atoms with Crippen LogP contribution in [0.1, 0.15) is 99.6 Å². The highest BCUT2D eigenvalue weighted by Crippen LogP contribution is 2.40. The van der Waals surface area contributed by atoms with Crippen molar-refractivity contribution in [3.05, 3.63) is 34.8 Å². The SMILES string of the molecule is CC[C@@H]1C(=O)N(C)c2c(C)nc(Cc3c(OC)cc(C(=O)CC4CCC(N5CCN(CC6CC6)CC5)CC4)cc3OC)nc2N1C(C)C. The van der Waals surface area contributed by atoms with Crippen LogP contribution in [0.25, 0.3) is 0 Å². The quantitative estimate of drug-likeness (QED) is 0.273. The fourth-order valence-corrected chi connectivity index (χ4v) is 8.38. The van der Waals surface area contributed by atoms with Crippen LogP contribution >= 0.6 is 0 Å². The molecule has 10 nitrogen and oxygen atoms in total. The number of amides is 1. The molecule has 1 aromatic carbocycles. The Bertz CT molecular complexity index is 1450. The van der Waals surface area contributed by atoms with Gasteiger partial charge in [-0.3, -0.25) is 14.5 Å². The van der Waals surface area contributed by atoms with Crippen molar-refractivity contribution in [2.75, 3.05) is 63.8 Å². The van der Waals surface area contributed by atoms with E-state index in [0.717, 1.165) is 41.5 Å². The topological polar surface area (TPSA) is 91.3 Å². The lowest BCUT2D eigenvalue weighted by Gasteiger charge is -2.43. The van der Waals surface area contributed by atoms with E-state index in [2.05, 4.69) is 28.5 Å². The minimum Gasteiger partial charge on any atom is -0.496 e. The summed E-state index contributed by atoms with van der Waals surface area (Å²) >= 11 is 0. The molecule has 2 saturated carbocycles. The monoisotopic (exact) mass is 660 g/mol. The zero-order valence-corrected chi connectivity index (χ0v) is 30.3. The fourth-order valence-electron chi connectivity index (χ4n) is 8.38. The van der Waals surface area contributed by atoms with Gasteiger partial charge in [0.15, 0.2) is 11.6 Å². The smallest absolute Gasteiger partial charge is 0.249 e. The van der Waals surface area contributed by atoms with Gasteiger partial charge in [-0.1, -0.05) is 6.92 Å². The van der Waals surface area contributed by atoms with E-state index >= 15 is 0 Å². The Morgan fingerprint density at radius 3 is 2.12 bits per heavy atom. The third kappa shape index (κ3) is 7.20. The number of Topliss-reactive ketones (excluding diaryl/α,β-unsaturated/α-hetero) is 1. The Morgan fingerprint density at radius 1 is 0.938 bits per heavy atom. The molecule has 3 heterocycles.